The van der Waals surface area contributed by atoms with Crippen molar-refractivity contribution in [3.05, 3.63) is 35.4 Å². The molecule has 0 aliphatic heterocycles. The van der Waals surface area contributed by atoms with E-state index in [1.54, 1.807) is 0 Å². The lowest BCUT2D eigenvalue weighted by atomic mass is 9.61. The van der Waals surface area contributed by atoms with Crippen LogP contribution < -0.4 is 0 Å². The van der Waals surface area contributed by atoms with Gasteiger partial charge in [-0.1, -0.05) is 38.8 Å². The molecule has 0 spiro atoms. The Labute approximate surface area is 183 Å². The Hall–Kier alpha value is -1.56. The first kappa shape index (κ1) is 24.1. The number of hydrogen-bond acceptors (Lipinski definition) is 3. The van der Waals surface area contributed by atoms with E-state index in [-0.39, 0.29) is 11.5 Å². The highest BCUT2D eigenvalue weighted by molar-refractivity contribution is 5.66. The van der Waals surface area contributed by atoms with E-state index in [2.05, 4.69) is 13.8 Å². The number of aliphatic hydroxyl groups excluding tert-OH is 1. The highest BCUT2D eigenvalue weighted by Gasteiger charge is 2.52. The predicted octanol–water partition coefficient (Wildman–Crippen LogP) is 6.69. The Morgan fingerprint density at radius 1 is 1.19 bits per heavy atom. The molecule has 2 fully saturated rings. The van der Waals surface area contributed by atoms with Crippen molar-refractivity contribution < 1.29 is 27.8 Å². The highest BCUT2D eigenvalue weighted by Crippen LogP contribution is 2.58. The summed E-state index contributed by atoms with van der Waals surface area (Å²) < 4.78 is 44.0. The average molecular weight is 441 g/mol. The molecule has 3 rings (SSSR count). The molecule has 0 radical (unpaired) electrons. The summed E-state index contributed by atoms with van der Waals surface area (Å²) in [6.07, 6.45) is 2.71. The van der Waals surface area contributed by atoms with E-state index >= 15 is 0 Å². The Kier molecular flexibility index (Phi) is 7.39. The number of hydrogen-bond donors (Lipinski definition) is 1. The molecular weight excluding hydrogens is 405 g/mol. The first-order chi connectivity index (χ1) is 14.5. The van der Waals surface area contributed by atoms with Crippen LogP contribution in [0.4, 0.5) is 13.2 Å². The van der Waals surface area contributed by atoms with Gasteiger partial charge in [0.25, 0.3) is 0 Å². The molecular formula is C25H35F3O3. The average Bonchev–Trinajstić information content (AvgIpc) is 3.04. The zero-order valence-corrected chi connectivity index (χ0v) is 18.8. The summed E-state index contributed by atoms with van der Waals surface area (Å²) in [7, 11) is 0. The zero-order chi connectivity index (χ0) is 22.8. The minimum Gasteiger partial charge on any atom is -0.458 e. The number of carbonyl (C=O) groups excluding carboxylic acids is 1. The van der Waals surface area contributed by atoms with Crippen LogP contribution in [0.5, 0.6) is 0 Å². The largest absolute Gasteiger partial charge is 0.458 e. The molecule has 31 heavy (non-hydrogen) atoms. The highest BCUT2D eigenvalue weighted by atomic mass is 19.4. The van der Waals surface area contributed by atoms with Crippen LogP contribution in [0.3, 0.4) is 0 Å². The fourth-order valence-corrected chi connectivity index (χ4v) is 6.33. The van der Waals surface area contributed by atoms with Gasteiger partial charge in [0, 0.05) is 6.92 Å². The molecule has 2 aliphatic carbocycles. The predicted molar refractivity (Wildman–Crippen MR) is 113 cm³/mol. The molecule has 174 valence electrons. The van der Waals surface area contributed by atoms with Gasteiger partial charge in [0.05, 0.1) is 11.7 Å². The Balaban J connectivity index is 1.60. The zero-order valence-electron chi connectivity index (χ0n) is 18.8. The smallest absolute Gasteiger partial charge is 0.416 e. The van der Waals surface area contributed by atoms with Crippen molar-refractivity contribution in [2.45, 2.75) is 90.5 Å². The lowest BCUT2D eigenvalue weighted by Crippen LogP contribution is -2.41. The first-order valence-electron chi connectivity index (χ1n) is 11.5. The van der Waals surface area contributed by atoms with E-state index in [1.165, 1.54) is 25.5 Å². The van der Waals surface area contributed by atoms with E-state index in [1.807, 2.05) is 0 Å². The number of halogens is 3. The fourth-order valence-electron chi connectivity index (χ4n) is 6.33. The maximum absolute atomic E-state index is 12.8. The van der Waals surface area contributed by atoms with Crippen LogP contribution in [-0.4, -0.2) is 17.2 Å². The number of alkyl halides is 3. The first-order valence-corrected chi connectivity index (χ1v) is 11.5. The van der Waals surface area contributed by atoms with Gasteiger partial charge in [0.15, 0.2) is 0 Å². The van der Waals surface area contributed by atoms with Crippen molar-refractivity contribution in [2.75, 3.05) is 0 Å². The molecule has 1 N–H and O–H groups in total. The summed E-state index contributed by atoms with van der Waals surface area (Å²) in [6.45, 7) is 5.95. The van der Waals surface area contributed by atoms with E-state index in [4.69, 9.17) is 4.74 Å². The Morgan fingerprint density at radius 3 is 2.48 bits per heavy atom. The van der Waals surface area contributed by atoms with Gasteiger partial charge in [-0.3, -0.25) is 4.79 Å². The van der Waals surface area contributed by atoms with Crippen LogP contribution in [0.2, 0.25) is 0 Å². The third-order valence-corrected chi connectivity index (χ3v) is 7.89. The summed E-state index contributed by atoms with van der Waals surface area (Å²) in [5, 5.41) is 10.5. The number of esters is 1. The number of rotatable bonds is 7. The van der Waals surface area contributed by atoms with Gasteiger partial charge in [-0.05, 0) is 79.4 Å². The van der Waals surface area contributed by atoms with E-state index in [0.29, 0.717) is 29.7 Å². The Morgan fingerprint density at radius 2 is 1.87 bits per heavy atom. The van der Waals surface area contributed by atoms with Crippen molar-refractivity contribution in [3.63, 3.8) is 0 Å². The summed E-state index contributed by atoms with van der Waals surface area (Å²) in [5.74, 6) is 1.03. The molecule has 0 saturated heterocycles. The number of aliphatic hydroxyl groups is 1. The lowest BCUT2D eigenvalue weighted by molar-refractivity contribution is -0.147. The van der Waals surface area contributed by atoms with Gasteiger partial charge in [-0.2, -0.15) is 13.2 Å². The number of benzene rings is 1. The number of carbonyl (C=O) groups is 1. The number of ether oxygens (including phenoxy) is 1. The molecule has 3 nitrogen and oxygen atoms in total. The molecule has 6 heteroatoms. The summed E-state index contributed by atoms with van der Waals surface area (Å²) in [6, 6.07) is 4.91. The molecule has 2 saturated carbocycles. The SMILES string of the molecule is CC(=O)OC(CCCC(C)[C@H]1CC[C@H]2[C@@H](O)CCC[C@]12C)c1ccc(C(F)(F)F)cc1. The molecule has 2 aliphatic rings. The van der Waals surface area contributed by atoms with Gasteiger partial charge in [-0.25, -0.2) is 0 Å². The van der Waals surface area contributed by atoms with Crippen LogP contribution >= 0.6 is 0 Å². The molecule has 6 atom stereocenters. The van der Waals surface area contributed by atoms with Crippen molar-refractivity contribution in [2.24, 2.45) is 23.2 Å². The fraction of sp³-hybridized carbons (Fsp3) is 0.720. The van der Waals surface area contributed by atoms with Crippen molar-refractivity contribution in [1.82, 2.24) is 0 Å². The Bertz CT molecular complexity index is 745. The normalized spacial score (nSPS) is 30.5. The van der Waals surface area contributed by atoms with Crippen LogP contribution in [0.15, 0.2) is 24.3 Å². The minimum absolute atomic E-state index is 0.177. The summed E-state index contributed by atoms with van der Waals surface area (Å²) in [5.41, 5.74) is 0.0871. The van der Waals surface area contributed by atoms with Gasteiger partial charge in [-0.15, -0.1) is 0 Å². The van der Waals surface area contributed by atoms with Gasteiger partial charge >= 0.3 is 12.1 Å². The van der Waals surface area contributed by atoms with E-state index in [9.17, 15) is 23.1 Å². The van der Waals surface area contributed by atoms with Crippen molar-refractivity contribution >= 4 is 5.97 Å². The van der Waals surface area contributed by atoms with Crippen LogP contribution in [0, 0.1) is 23.2 Å². The second kappa shape index (κ2) is 9.51. The molecule has 1 aromatic rings. The second-order valence-electron chi connectivity index (χ2n) is 9.88. The van der Waals surface area contributed by atoms with Crippen LogP contribution in [0.25, 0.3) is 0 Å². The lowest BCUT2D eigenvalue weighted by Gasteiger charge is -2.45. The molecule has 0 bridgehead atoms. The van der Waals surface area contributed by atoms with Gasteiger partial charge in [0.1, 0.15) is 6.10 Å². The molecule has 0 heterocycles. The van der Waals surface area contributed by atoms with Crippen LogP contribution in [-0.2, 0) is 15.7 Å². The van der Waals surface area contributed by atoms with Crippen molar-refractivity contribution in [1.29, 1.82) is 0 Å². The maximum atomic E-state index is 12.8. The van der Waals surface area contributed by atoms with Gasteiger partial charge < -0.3 is 9.84 Å². The third-order valence-electron chi connectivity index (χ3n) is 7.89. The standard InChI is InChI=1S/C25H35F3O3/c1-16(20-13-14-21-22(30)7-5-15-24(20,21)3)6-4-8-23(31-17(2)29)18-9-11-19(12-10-18)25(26,27)28/h9-12,16,20-23,30H,4-8,13-15H2,1-3H3/t16?,20-,21+,22+,23?,24-/m1/s1. The van der Waals surface area contributed by atoms with Gasteiger partial charge in [0.2, 0.25) is 0 Å². The summed E-state index contributed by atoms with van der Waals surface area (Å²) in [4.78, 5) is 11.6. The topological polar surface area (TPSA) is 46.5 Å². The minimum atomic E-state index is -4.38. The third kappa shape index (κ3) is 5.44. The number of fused-ring (bicyclic) bond motifs is 1. The van der Waals surface area contributed by atoms with E-state index in [0.717, 1.165) is 50.7 Å². The quantitative estimate of drug-likeness (QED) is 0.480. The second-order valence-corrected chi connectivity index (χ2v) is 9.88. The molecule has 0 amide bonds. The van der Waals surface area contributed by atoms with Crippen LogP contribution in [0.1, 0.15) is 89.4 Å². The van der Waals surface area contributed by atoms with Crippen molar-refractivity contribution in [3.8, 4) is 0 Å². The molecule has 0 aromatic heterocycles. The molecule has 1 aromatic carbocycles. The molecule has 2 unspecified atom stereocenters. The monoisotopic (exact) mass is 440 g/mol. The van der Waals surface area contributed by atoms with E-state index < -0.39 is 23.8 Å². The maximum Gasteiger partial charge on any atom is 0.416 e. The summed E-state index contributed by atoms with van der Waals surface area (Å²) >= 11 is 0.